The molecule has 2 aromatic rings. The van der Waals surface area contributed by atoms with Crippen molar-refractivity contribution >= 4 is 34.0 Å². The van der Waals surface area contributed by atoms with Crippen LogP contribution in [0.15, 0.2) is 47.4 Å². The normalized spacial score (nSPS) is 10.7. The summed E-state index contributed by atoms with van der Waals surface area (Å²) in [4.78, 5) is 12.4. The molecule has 0 heterocycles. The largest absolute Gasteiger partial charge is 0.497 e. The van der Waals surface area contributed by atoms with Crippen LogP contribution in [0.2, 0.25) is 0 Å². The van der Waals surface area contributed by atoms with E-state index in [1.54, 1.807) is 37.3 Å². The molecule has 2 aromatic carbocycles. The van der Waals surface area contributed by atoms with Gasteiger partial charge >= 0.3 is 0 Å². The highest BCUT2D eigenvalue weighted by molar-refractivity contribution is 7.92. The second-order valence-corrected chi connectivity index (χ2v) is 7.71. The maximum Gasteiger partial charge on any atom is 0.261 e. The lowest BCUT2D eigenvalue weighted by atomic mass is 10.1. The lowest BCUT2D eigenvalue weighted by Gasteiger charge is -2.12. The lowest BCUT2D eigenvalue weighted by molar-refractivity contribution is 0.0952. The van der Waals surface area contributed by atoms with Gasteiger partial charge in [-0.15, -0.1) is 12.4 Å². The van der Waals surface area contributed by atoms with Crippen LogP contribution in [0.4, 0.5) is 5.69 Å². The maximum atomic E-state index is 12.7. The van der Waals surface area contributed by atoms with Gasteiger partial charge < -0.3 is 15.4 Å². The first-order valence-electron chi connectivity index (χ1n) is 8.57. The molecule has 0 spiro atoms. The average molecular weight is 428 g/mol. The molecule has 0 aliphatic carbocycles. The number of nitrogens with one attached hydrogen (secondary N) is 3. The number of sulfonamides is 1. The zero-order valence-electron chi connectivity index (χ0n) is 16.1. The Bertz CT molecular complexity index is 887. The van der Waals surface area contributed by atoms with Crippen molar-refractivity contribution in [3.8, 4) is 5.75 Å². The molecular formula is C19H26ClN3O4S. The fraction of sp³-hybridized carbons (Fsp3) is 0.316. The smallest absolute Gasteiger partial charge is 0.261 e. The number of aryl methyl sites for hydroxylation is 1. The van der Waals surface area contributed by atoms with E-state index in [9.17, 15) is 13.2 Å². The summed E-state index contributed by atoms with van der Waals surface area (Å²) in [7, 11) is -0.434. The van der Waals surface area contributed by atoms with E-state index in [0.29, 0.717) is 29.1 Å². The Balaban J connectivity index is 0.00000392. The maximum absolute atomic E-state index is 12.7. The Hall–Kier alpha value is -2.29. The predicted octanol–water partition coefficient (Wildman–Crippen LogP) is 2.57. The summed E-state index contributed by atoms with van der Waals surface area (Å²) in [6.07, 6.45) is 0.790. The minimum Gasteiger partial charge on any atom is -0.497 e. The summed E-state index contributed by atoms with van der Waals surface area (Å²) in [6.45, 7) is 3.08. The van der Waals surface area contributed by atoms with E-state index in [0.717, 1.165) is 13.0 Å². The van der Waals surface area contributed by atoms with Gasteiger partial charge in [0, 0.05) is 17.8 Å². The van der Waals surface area contributed by atoms with Gasteiger partial charge in [0.2, 0.25) is 0 Å². The first kappa shape index (κ1) is 23.7. The minimum atomic E-state index is -3.82. The SMILES string of the molecule is CNCCCNC(=O)c1cc(S(=O)(=O)Nc2ccc(OC)cc2)ccc1C.Cl. The van der Waals surface area contributed by atoms with Gasteiger partial charge in [-0.25, -0.2) is 8.42 Å². The molecule has 0 aliphatic rings. The monoisotopic (exact) mass is 427 g/mol. The molecule has 0 unspecified atom stereocenters. The lowest BCUT2D eigenvalue weighted by Crippen LogP contribution is -2.27. The van der Waals surface area contributed by atoms with Crippen LogP contribution in [-0.4, -0.2) is 41.6 Å². The fourth-order valence-electron chi connectivity index (χ4n) is 2.45. The second kappa shape index (κ2) is 10.9. The number of hydrogen-bond donors (Lipinski definition) is 3. The Kier molecular flexibility index (Phi) is 9.24. The van der Waals surface area contributed by atoms with E-state index in [4.69, 9.17) is 4.74 Å². The summed E-state index contributed by atoms with van der Waals surface area (Å²) < 4.78 is 32.9. The van der Waals surface area contributed by atoms with Crippen molar-refractivity contribution < 1.29 is 17.9 Å². The topological polar surface area (TPSA) is 96.5 Å². The van der Waals surface area contributed by atoms with Crippen molar-refractivity contribution in [2.75, 3.05) is 32.0 Å². The number of rotatable bonds is 9. The van der Waals surface area contributed by atoms with E-state index in [-0.39, 0.29) is 23.2 Å². The molecule has 7 nitrogen and oxygen atoms in total. The van der Waals surface area contributed by atoms with Crippen molar-refractivity contribution in [2.24, 2.45) is 0 Å². The van der Waals surface area contributed by atoms with Gasteiger partial charge in [0.1, 0.15) is 5.75 Å². The quantitative estimate of drug-likeness (QED) is 0.534. The second-order valence-electron chi connectivity index (χ2n) is 6.02. The molecule has 0 radical (unpaired) electrons. The molecular weight excluding hydrogens is 402 g/mol. The molecule has 0 atom stereocenters. The van der Waals surface area contributed by atoms with E-state index in [1.165, 1.54) is 19.2 Å². The van der Waals surface area contributed by atoms with Crippen LogP contribution in [0.1, 0.15) is 22.3 Å². The van der Waals surface area contributed by atoms with Crippen LogP contribution in [0.25, 0.3) is 0 Å². The molecule has 1 amide bonds. The van der Waals surface area contributed by atoms with E-state index in [2.05, 4.69) is 15.4 Å². The van der Waals surface area contributed by atoms with Gasteiger partial charge in [-0.3, -0.25) is 9.52 Å². The van der Waals surface area contributed by atoms with Crippen LogP contribution < -0.4 is 20.1 Å². The van der Waals surface area contributed by atoms with Gasteiger partial charge in [-0.05, 0) is 68.9 Å². The molecule has 28 heavy (non-hydrogen) atoms. The average Bonchev–Trinajstić information content (AvgIpc) is 2.65. The number of ether oxygens (including phenoxy) is 1. The molecule has 0 saturated carbocycles. The highest BCUT2D eigenvalue weighted by Crippen LogP contribution is 2.21. The van der Waals surface area contributed by atoms with Crippen LogP contribution in [0, 0.1) is 6.92 Å². The van der Waals surface area contributed by atoms with Crippen LogP contribution in [0.5, 0.6) is 5.75 Å². The Morgan fingerprint density at radius 2 is 1.75 bits per heavy atom. The zero-order chi connectivity index (χ0) is 19.9. The highest BCUT2D eigenvalue weighted by atomic mass is 35.5. The molecule has 0 aromatic heterocycles. The third-order valence-corrected chi connectivity index (χ3v) is 5.37. The molecule has 9 heteroatoms. The standard InChI is InChI=1S/C19H25N3O4S.ClH/c1-14-5-10-17(13-18(14)19(23)21-12-4-11-20-2)27(24,25)22-15-6-8-16(26-3)9-7-15;/h5-10,13,20,22H,4,11-12H2,1-3H3,(H,21,23);1H. The van der Waals surface area contributed by atoms with Crippen molar-refractivity contribution in [1.29, 1.82) is 0 Å². The zero-order valence-corrected chi connectivity index (χ0v) is 17.7. The van der Waals surface area contributed by atoms with E-state index in [1.807, 2.05) is 7.05 Å². The number of amides is 1. The van der Waals surface area contributed by atoms with Crippen molar-refractivity contribution in [2.45, 2.75) is 18.2 Å². The summed E-state index contributed by atoms with van der Waals surface area (Å²) in [6, 6.07) is 11.1. The Morgan fingerprint density at radius 3 is 2.36 bits per heavy atom. The highest BCUT2D eigenvalue weighted by Gasteiger charge is 2.18. The Labute approximate surface area is 172 Å². The van der Waals surface area contributed by atoms with Gasteiger partial charge in [0.05, 0.1) is 12.0 Å². The Morgan fingerprint density at radius 1 is 1.07 bits per heavy atom. The van der Waals surface area contributed by atoms with Crippen LogP contribution in [0.3, 0.4) is 0 Å². The van der Waals surface area contributed by atoms with Crippen molar-refractivity contribution in [3.05, 3.63) is 53.6 Å². The molecule has 3 N–H and O–H groups in total. The van der Waals surface area contributed by atoms with Crippen molar-refractivity contribution in [1.82, 2.24) is 10.6 Å². The van der Waals surface area contributed by atoms with Gasteiger partial charge in [-0.1, -0.05) is 6.07 Å². The van der Waals surface area contributed by atoms with Gasteiger partial charge in [0.15, 0.2) is 0 Å². The van der Waals surface area contributed by atoms with E-state index >= 15 is 0 Å². The van der Waals surface area contributed by atoms with E-state index < -0.39 is 10.0 Å². The third-order valence-electron chi connectivity index (χ3n) is 4.00. The fourth-order valence-corrected chi connectivity index (χ4v) is 3.53. The molecule has 0 aliphatic heterocycles. The van der Waals surface area contributed by atoms with Gasteiger partial charge in [-0.2, -0.15) is 0 Å². The van der Waals surface area contributed by atoms with Crippen LogP contribution in [-0.2, 0) is 10.0 Å². The van der Waals surface area contributed by atoms with Crippen molar-refractivity contribution in [3.63, 3.8) is 0 Å². The molecule has 0 bridgehead atoms. The number of carbonyl (C=O) groups excluding carboxylic acids is 1. The summed E-state index contributed by atoms with van der Waals surface area (Å²) in [5.41, 5.74) is 1.47. The van der Waals surface area contributed by atoms with Gasteiger partial charge in [0.25, 0.3) is 15.9 Å². The molecule has 2 rings (SSSR count). The summed E-state index contributed by atoms with van der Waals surface area (Å²) in [5.74, 6) is 0.343. The third kappa shape index (κ3) is 6.40. The number of carbonyl (C=O) groups is 1. The van der Waals surface area contributed by atoms with Crippen LogP contribution >= 0.6 is 12.4 Å². The predicted molar refractivity (Wildman–Crippen MR) is 113 cm³/mol. The number of halogens is 1. The molecule has 154 valence electrons. The number of hydrogen-bond acceptors (Lipinski definition) is 5. The number of methoxy groups -OCH3 is 1. The number of anilines is 1. The summed E-state index contributed by atoms with van der Waals surface area (Å²) >= 11 is 0. The first-order chi connectivity index (χ1) is 12.9. The molecule has 0 saturated heterocycles. The minimum absolute atomic E-state index is 0. The first-order valence-corrected chi connectivity index (χ1v) is 10.1. The molecule has 0 fully saturated rings. The summed E-state index contributed by atoms with van der Waals surface area (Å²) in [5, 5.41) is 5.81. The number of benzene rings is 2.